The molecular weight excluding hydrogens is 343 g/mol. The summed E-state index contributed by atoms with van der Waals surface area (Å²) in [6, 6.07) is 13.2. The smallest absolute Gasteiger partial charge is 0.247 e. The van der Waals surface area contributed by atoms with Crippen molar-refractivity contribution in [3.8, 4) is 0 Å². The summed E-state index contributed by atoms with van der Waals surface area (Å²) in [6.45, 7) is 0.414. The Bertz CT molecular complexity index is 777. The van der Waals surface area contributed by atoms with E-state index in [-0.39, 0.29) is 31.3 Å². The number of benzene rings is 2. The lowest BCUT2D eigenvalue weighted by molar-refractivity contribution is -0.140. The predicted octanol–water partition coefficient (Wildman–Crippen LogP) is 3.24. The molecule has 2 amide bonds. The van der Waals surface area contributed by atoms with Gasteiger partial charge in [0.15, 0.2) is 0 Å². The van der Waals surface area contributed by atoms with Crippen molar-refractivity contribution >= 4 is 23.4 Å². The molecule has 0 aliphatic carbocycles. The molecule has 0 bridgehead atoms. The summed E-state index contributed by atoms with van der Waals surface area (Å²) in [5.41, 5.74) is 1.22. The van der Waals surface area contributed by atoms with Gasteiger partial charge in [-0.1, -0.05) is 48.0 Å². The second-order valence-corrected chi connectivity index (χ2v) is 6.55. The van der Waals surface area contributed by atoms with Crippen molar-refractivity contribution in [3.63, 3.8) is 0 Å². The lowest BCUT2D eigenvalue weighted by Gasteiger charge is -2.23. The van der Waals surface area contributed by atoms with E-state index in [1.165, 1.54) is 17.0 Å². The molecule has 1 heterocycles. The maximum atomic E-state index is 14.0. The summed E-state index contributed by atoms with van der Waals surface area (Å²) in [5, 5.41) is 0.310. The first-order chi connectivity index (χ1) is 12.0. The van der Waals surface area contributed by atoms with Crippen molar-refractivity contribution in [3.05, 3.63) is 70.5 Å². The molecule has 4 nitrogen and oxygen atoms in total. The molecule has 0 unspecified atom stereocenters. The number of imide groups is 1. The fraction of sp³-hybridized carbons (Fsp3) is 0.263. The molecule has 0 radical (unpaired) electrons. The number of carbonyl (C=O) groups excluding carboxylic acids is 2. The fourth-order valence-corrected chi connectivity index (χ4v) is 3.21. The zero-order valence-corrected chi connectivity index (χ0v) is 14.5. The summed E-state index contributed by atoms with van der Waals surface area (Å²) >= 11 is 6.05. The van der Waals surface area contributed by atoms with Gasteiger partial charge in [-0.05, 0) is 24.7 Å². The SMILES string of the molecule is CN(Cc1c(F)cccc1Cl)[C@@H]1CC(=O)N(Cc2ccccc2)C1=O. The molecule has 2 aromatic carbocycles. The van der Waals surface area contributed by atoms with Crippen molar-refractivity contribution in [2.24, 2.45) is 0 Å². The number of hydrogen-bond acceptors (Lipinski definition) is 3. The van der Waals surface area contributed by atoms with Crippen LogP contribution in [0.1, 0.15) is 17.5 Å². The van der Waals surface area contributed by atoms with Crippen LogP contribution in [0.4, 0.5) is 4.39 Å². The third-order valence-corrected chi connectivity index (χ3v) is 4.76. The lowest BCUT2D eigenvalue weighted by Crippen LogP contribution is -2.39. The third kappa shape index (κ3) is 3.72. The predicted molar refractivity (Wildman–Crippen MR) is 93.3 cm³/mol. The number of likely N-dealkylation sites (tertiary alicyclic amines) is 1. The molecule has 0 saturated carbocycles. The van der Waals surface area contributed by atoms with Crippen LogP contribution in [0.3, 0.4) is 0 Å². The molecule has 3 rings (SSSR count). The van der Waals surface area contributed by atoms with Crippen LogP contribution in [0.5, 0.6) is 0 Å². The van der Waals surface area contributed by atoms with Gasteiger partial charge in [0.2, 0.25) is 11.8 Å². The first-order valence-corrected chi connectivity index (χ1v) is 8.36. The zero-order valence-electron chi connectivity index (χ0n) is 13.8. The molecular formula is C19H18ClFN2O2. The number of hydrogen-bond donors (Lipinski definition) is 0. The topological polar surface area (TPSA) is 40.6 Å². The zero-order chi connectivity index (χ0) is 18.0. The van der Waals surface area contributed by atoms with E-state index in [4.69, 9.17) is 11.6 Å². The van der Waals surface area contributed by atoms with Crippen LogP contribution in [0.2, 0.25) is 5.02 Å². The van der Waals surface area contributed by atoms with Gasteiger partial charge in [-0.3, -0.25) is 19.4 Å². The normalized spacial score (nSPS) is 17.6. The Morgan fingerprint density at radius 2 is 1.88 bits per heavy atom. The van der Waals surface area contributed by atoms with Crippen molar-refractivity contribution < 1.29 is 14.0 Å². The molecule has 1 aliphatic rings. The van der Waals surface area contributed by atoms with Crippen molar-refractivity contribution in [2.45, 2.75) is 25.6 Å². The Morgan fingerprint density at radius 1 is 1.16 bits per heavy atom. The van der Waals surface area contributed by atoms with E-state index in [2.05, 4.69) is 0 Å². The molecule has 25 heavy (non-hydrogen) atoms. The average molecular weight is 361 g/mol. The van der Waals surface area contributed by atoms with Crippen LogP contribution in [0.25, 0.3) is 0 Å². The number of likely N-dealkylation sites (N-methyl/N-ethyl adjacent to an activating group) is 1. The molecule has 1 saturated heterocycles. The second kappa shape index (κ2) is 7.33. The van der Waals surface area contributed by atoms with E-state index in [0.717, 1.165) is 5.56 Å². The Labute approximate surface area is 150 Å². The molecule has 0 N–H and O–H groups in total. The maximum Gasteiger partial charge on any atom is 0.247 e. The quantitative estimate of drug-likeness (QED) is 0.769. The molecule has 0 spiro atoms. The molecule has 1 atom stereocenters. The Hall–Kier alpha value is -2.24. The Kier molecular flexibility index (Phi) is 5.16. The summed E-state index contributed by atoms with van der Waals surface area (Å²) in [6.07, 6.45) is 0.0915. The fourth-order valence-electron chi connectivity index (χ4n) is 2.99. The third-order valence-electron chi connectivity index (χ3n) is 4.40. The van der Waals surface area contributed by atoms with Crippen molar-refractivity contribution in [1.82, 2.24) is 9.80 Å². The number of rotatable bonds is 5. The summed E-state index contributed by atoms with van der Waals surface area (Å²) < 4.78 is 14.0. The minimum atomic E-state index is -0.605. The van der Waals surface area contributed by atoms with E-state index in [1.807, 2.05) is 30.3 Å². The number of amides is 2. The first kappa shape index (κ1) is 17.6. The van der Waals surface area contributed by atoms with Gasteiger partial charge in [0.1, 0.15) is 5.82 Å². The first-order valence-electron chi connectivity index (χ1n) is 7.98. The highest BCUT2D eigenvalue weighted by Gasteiger charge is 2.40. The second-order valence-electron chi connectivity index (χ2n) is 6.14. The van der Waals surface area contributed by atoms with E-state index in [1.54, 1.807) is 18.0 Å². The van der Waals surface area contributed by atoms with Crippen molar-refractivity contribution in [1.29, 1.82) is 0 Å². The van der Waals surface area contributed by atoms with Gasteiger partial charge >= 0.3 is 0 Å². The van der Waals surface area contributed by atoms with Gasteiger partial charge in [0, 0.05) is 17.1 Å². The lowest BCUT2D eigenvalue weighted by atomic mass is 10.1. The average Bonchev–Trinajstić information content (AvgIpc) is 2.87. The minimum Gasteiger partial charge on any atom is -0.290 e. The maximum absolute atomic E-state index is 14.0. The number of carbonyl (C=O) groups is 2. The van der Waals surface area contributed by atoms with E-state index >= 15 is 0 Å². The van der Waals surface area contributed by atoms with E-state index < -0.39 is 11.9 Å². The van der Waals surface area contributed by atoms with Crippen LogP contribution in [-0.2, 0) is 22.7 Å². The van der Waals surface area contributed by atoms with Gasteiger partial charge in [-0.2, -0.15) is 0 Å². The number of halogens is 2. The number of nitrogens with zero attached hydrogens (tertiary/aromatic N) is 2. The highest BCUT2D eigenvalue weighted by Crippen LogP contribution is 2.25. The Morgan fingerprint density at radius 3 is 2.56 bits per heavy atom. The van der Waals surface area contributed by atoms with Gasteiger partial charge < -0.3 is 0 Å². The van der Waals surface area contributed by atoms with Crippen LogP contribution < -0.4 is 0 Å². The molecule has 6 heteroatoms. The molecule has 2 aromatic rings. The van der Waals surface area contributed by atoms with E-state index in [9.17, 15) is 14.0 Å². The van der Waals surface area contributed by atoms with Gasteiger partial charge in [0.05, 0.1) is 19.0 Å². The van der Waals surface area contributed by atoms with Crippen LogP contribution in [-0.4, -0.2) is 34.7 Å². The summed E-state index contributed by atoms with van der Waals surface area (Å²) in [4.78, 5) is 27.9. The summed E-state index contributed by atoms with van der Waals surface area (Å²) in [7, 11) is 1.70. The highest BCUT2D eigenvalue weighted by atomic mass is 35.5. The standard InChI is InChI=1S/C19H18ClFN2O2/c1-22(12-14-15(20)8-5-9-16(14)21)17-10-18(24)23(19(17)25)11-13-6-3-2-4-7-13/h2-9,17H,10-12H2,1H3/t17-/m1/s1. The van der Waals surface area contributed by atoms with Crippen LogP contribution in [0, 0.1) is 5.82 Å². The molecule has 0 aromatic heterocycles. The molecule has 1 aliphatic heterocycles. The monoisotopic (exact) mass is 360 g/mol. The highest BCUT2D eigenvalue weighted by molar-refractivity contribution is 6.31. The van der Waals surface area contributed by atoms with Gasteiger partial charge in [-0.15, -0.1) is 0 Å². The molecule has 1 fully saturated rings. The van der Waals surface area contributed by atoms with Crippen molar-refractivity contribution in [2.75, 3.05) is 7.05 Å². The van der Waals surface area contributed by atoms with Gasteiger partial charge in [-0.25, -0.2) is 4.39 Å². The summed E-state index contributed by atoms with van der Waals surface area (Å²) in [5.74, 6) is -0.897. The largest absolute Gasteiger partial charge is 0.290 e. The van der Waals surface area contributed by atoms with E-state index in [0.29, 0.717) is 10.6 Å². The minimum absolute atomic E-state index is 0.0915. The Balaban J connectivity index is 1.73. The van der Waals surface area contributed by atoms with Crippen LogP contribution >= 0.6 is 11.6 Å². The van der Waals surface area contributed by atoms with Gasteiger partial charge in [0.25, 0.3) is 0 Å². The molecule has 130 valence electrons. The van der Waals surface area contributed by atoms with Crippen LogP contribution in [0.15, 0.2) is 48.5 Å².